The first-order chi connectivity index (χ1) is 10.6. The van der Waals surface area contributed by atoms with Gasteiger partial charge in [0.05, 0.1) is 0 Å². The first-order valence-electron chi connectivity index (χ1n) is 8.02. The molecule has 1 N–H and O–H groups in total. The Morgan fingerprint density at radius 2 is 2.05 bits per heavy atom. The van der Waals surface area contributed by atoms with Gasteiger partial charge in [-0.15, -0.1) is 0 Å². The van der Waals surface area contributed by atoms with Gasteiger partial charge < -0.3 is 10.2 Å². The average molecular weight is 298 g/mol. The van der Waals surface area contributed by atoms with Crippen molar-refractivity contribution in [2.45, 2.75) is 38.6 Å². The lowest BCUT2D eigenvalue weighted by atomic mass is 10.1. The van der Waals surface area contributed by atoms with Crippen LogP contribution in [0.2, 0.25) is 0 Å². The highest BCUT2D eigenvalue weighted by Gasteiger charge is 2.28. The van der Waals surface area contributed by atoms with Crippen LogP contribution in [0.15, 0.2) is 30.3 Å². The van der Waals surface area contributed by atoms with Gasteiger partial charge in [0.2, 0.25) is 11.8 Å². The molecule has 1 unspecified atom stereocenters. The highest BCUT2D eigenvalue weighted by Crippen LogP contribution is 2.32. The van der Waals surface area contributed by atoms with E-state index in [-0.39, 0.29) is 17.9 Å². The van der Waals surface area contributed by atoms with Gasteiger partial charge in [0.15, 0.2) is 0 Å². The Balaban J connectivity index is 1.57. The third-order valence-electron chi connectivity index (χ3n) is 4.40. The van der Waals surface area contributed by atoms with Crippen molar-refractivity contribution in [2.75, 3.05) is 11.4 Å². The van der Waals surface area contributed by atoms with Crippen molar-refractivity contribution in [1.82, 2.24) is 5.32 Å². The number of nitrogens with zero attached hydrogens (tertiary/aromatic N) is 1. The fourth-order valence-corrected chi connectivity index (χ4v) is 2.85. The van der Waals surface area contributed by atoms with Crippen molar-refractivity contribution < 1.29 is 9.59 Å². The van der Waals surface area contributed by atoms with Gasteiger partial charge in [-0.05, 0) is 55.9 Å². The molecular weight excluding hydrogens is 276 g/mol. The predicted molar refractivity (Wildman–Crippen MR) is 87.4 cm³/mol. The Kier molecular flexibility index (Phi) is 4.27. The molecule has 1 saturated heterocycles. The van der Waals surface area contributed by atoms with Crippen LogP contribution in [0.4, 0.5) is 5.69 Å². The molecule has 4 nitrogen and oxygen atoms in total. The molecule has 1 aliphatic carbocycles. The number of nitrogens with one attached hydrogen (secondary N) is 1. The van der Waals surface area contributed by atoms with Crippen molar-refractivity contribution in [1.29, 1.82) is 0 Å². The predicted octanol–water partition coefficient (Wildman–Crippen LogP) is 2.74. The molecule has 1 aliphatic heterocycles. The Labute approximate surface area is 131 Å². The van der Waals surface area contributed by atoms with E-state index in [1.165, 1.54) is 12.8 Å². The van der Waals surface area contributed by atoms with E-state index in [1.807, 2.05) is 35.2 Å². The molecule has 2 fully saturated rings. The molecular formula is C18H22N2O2. The quantitative estimate of drug-likeness (QED) is 0.850. The van der Waals surface area contributed by atoms with Gasteiger partial charge >= 0.3 is 0 Å². The SMILES string of the molecule is CC(NC(=O)/C=C/c1ccc(N2CCCC2=O)cc1)C1CC1. The summed E-state index contributed by atoms with van der Waals surface area (Å²) in [4.78, 5) is 25.3. The standard InChI is InChI=1S/C18H22N2O2/c1-13(15-7-8-15)19-17(21)11-6-14-4-9-16(10-5-14)20-12-2-3-18(20)22/h4-6,9-11,13,15H,2-3,7-8,12H2,1H3,(H,19,21)/b11-6+. The minimum atomic E-state index is -0.0433. The second-order valence-electron chi connectivity index (χ2n) is 6.21. The minimum Gasteiger partial charge on any atom is -0.350 e. The second kappa shape index (κ2) is 6.34. The third-order valence-corrected chi connectivity index (χ3v) is 4.40. The summed E-state index contributed by atoms with van der Waals surface area (Å²) >= 11 is 0. The van der Waals surface area contributed by atoms with Crippen LogP contribution in [-0.2, 0) is 9.59 Å². The van der Waals surface area contributed by atoms with E-state index in [2.05, 4.69) is 12.2 Å². The molecule has 2 amide bonds. The molecule has 0 bridgehead atoms. The van der Waals surface area contributed by atoms with Crippen LogP contribution in [0.25, 0.3) is 6.08 Å². The first-order valence-corrected chi connectivity index (χ1v) is 8.02. The van der Waals surface area contributed by atoms with Crippen molar-refractivity contribution in [3.8, 4) is 0 Å². The molecule has 1 aromatic rings. The number of amides is 2. The Morgan fingerprint density at radius 3 is 2.64 bits per heavy atom. The highest BCUT2D eigenvalue weighted by atomic mass is 16.2. The third kappa shape index (κ3) is 3.56. The molecule has 1 atom stereocenters. The number of hydrogen-bond acceptors (Lipinski definition) is 2. The molecule has 2 aliphatic rings. The number of anilines is 1. The summed E-state index contributed by atoms with van der Waals surface area (Å²) in [5.41, 5.74) is 1.90. The molecule has 116 valence electrons. The van der Waals surface area contributed by atoms with Gasteiger partial charge in [0, 0.05) is 30.8 Å². The van der Waals surface area contributed by atoms with Gasteiger partial charge in [-0.3, -0.25) is 9.59 Å². The summed E-state index contributed by atoms with van der Waals surface area (Å²) in [6.45, 7) is 2.86. The Morgan fingerprint density at radius 1 is 1.32 bits per heavy atom. The number of hydrogen-bond donors (Lipinski definition) is 1. The van der Waals surface area contributed by atoms with Crippen LogP contribution >= 0.6 is 0 Å². The number of benzene rings is 1. The number of rotatable bonds is 5. The van der Waals surface area contributed by atoms with Gasteiger partial charge in [0.25, 0.3) is 0 Å². The van der Waals surface area contributed by atoms with E-state index in [4.69, 9.17) is 0 Å². The van der Waals surface area contributed by atoms with E-state index >= 15 is 0 Å². The van der Waals surface area contributed by atoms with Crippen molar-refractivity contribution in [2.24, 2.45) is 5.92 Å². The summed E-state index contributed by atoms with van der Waals surface area (Å²) < 4.78 is 0. The molecule has 3 rings (SSSR count). The summed E-state index contributed by atoms with van der Waals surface area (Å²) in [6.07, 6.45) is 7.41. The number of carbonyl (C=O) groups is 2. The van der Waals surface area contributed by atoms with E-state index in [0.29, 0.717) is 12.3 Å². The van der Waals surface area contributed by atoms with Gasteiger partial charge in [-0.1, -0.05) is 12.1 Å². The maximum absolute atomic E-state index is 11.8. The molecule has 0 aromatic heterocycles. The highest BCUT2D eigenvalue weighted by molar-refractivity contribution is 5.95. The van der Waals surface area contributed by atoms with Crippen LogP contribution in [0.5, 0.6) is 0 Å². The smallest absolute Gasteiger partial charge is 0.244 e. The van der Waals surface area contributed by atoms with E-state index in [9.17, 15) is 9.59 Å². The molecule has 22 heavy (non-hydrogen) atoms. The maximum atomic E-state index is 11.8. The molecule has 4 heteroatoms. The minimum absolute atomic E-state index is 0.0433. The van der Waals surface area contributed by atoms with Crippen LogP contribution in [0, 0.1) is 5.92 Å². The fraction of sp³-hybridized carbons (Fsp3) is 0.444. The lowest BCUT2D eigenvalue weighted by Gasteiger charge is -2.15. The van der Waals surface area contributed by atoms with Crippen LogP contribution in [0.3, 0.4) is 0 Å². The average Bonchev–Trinajstić information content (AvgIpc) is 3.28. The number of carbonyl (C=O) groups excluding carboxylic acids is 2. The molecule has 1 saturated carbocycles. The van der Waals surface area contributed by atoms with Gasteiger partial charge in [-0.25, -0.2) is 0 Å². The summed E-state index contributed by atoms with van der Waals surface area (Å²) in [5.74, 6) is 0.810. The Bertz CT molecular complexity index is 588. The van der Waals surface area contributed by atoms with Gasteiger partial charge in [-0.2, -0.15) is 0 Å². The summed E-state index contributed by atoms with van der Waals surface area (Å²) in [5, 5.41) is 3.00. The van der Waals surface area contributed by atoms with E-state index in [0.717, 1.165) is 24.2 Å². The normalized spacial score (nSPS) is 19.7. The van der Waals surface area contributed by atoms with Crippen LogP contribution < -0.4 is 10.2 Å². The zero-order chi connectivity index (χ0) is 15.5. The van der Waals surface area contributed by atoms with Crippen molar-refractivity contribution in [3.05, 3.63) is 35.9 Å². The molecule has 0 radical (unpaired) electrons. The summed E-state index contributed by atoms with van der Waals surface area (Å²) in [7, 11) is 0. The lowest BCUT2D eigenvalue weighted by molar-refractivity contribution is -0.117. The largest absolute Gasteiger partial charge is 0.350 e. The van der Waals surface area contributed by atoms with Crippen molar-refractivity contribution >= 4 is 23.6 Å². The zero-order valence-corrected chi connectivity index (χ0v) is 12.9. The van der Waals surface area contributed by atoms with E-state index in [1.54, 1.807) is 6.08 Å². The molecule has 0 spiro atoms. The van der Waals surface area contributed by atoms with Crippen LogP contribution in [0.1, 0.15) is 38.2 Å². The van der Waals surface area contributed by atoms with E-state index < -0.39 is 0 Å². The monoisotopic (exact) mass is 298 g/mol. The first kappa shape index (κ1) is 14.8. The van der Waals surface area contributed by atoms with Crippen LogP contribution in [-0.4, -0.2) is 24.4 Å². The summed E-state index contributed by atoms with van der Waals surface area (Å²) in [6, 6.07) is 8.02. The van der Waals surface area contributed by atoms with Crippen molar-refractivity contribution in [3.63, 3.8) is 0 Å². The molecule has 1 heterocycles. The fourth-order valence-electron chi connectivity index (χ4n) is 2.85. The zero-order valence-electron chi connectivity index (χ0n) is 12.9. The second-order valence-corrected chi connectivity index (χ2v) is 6.21. The Hall–Kier alpha value is -2.10. The molecule has 1 aromatic carbocycles. The van der Waals surface area contributed by atoms with Gasteiger partial charge in [0.1, 0.15) is 0 Å². The topological polar surface area (TPSA) is 49.4 Å². The maximum Gasteiger partial charge on any atom is 0.244 e. The lowest BCUT2D eigenvalue weighted by Crippen LogP contribution is -2.32.